The Kier molecular flexibility index (Phi) is 7.56. The van der Waals surface area contributed by atoms with E-state index in [-0.39, 0.29) is 31.4 Å². The summed E-state index contributed by atoms with van der Waals surface area (Å²) < 4.78 is 5.38. The van der Waals surface area contributed by atoms with Gasteiger partial charge in [-0.25, -0.2) is 0 Å². The molecule has 0 aliphatic rings. The summed E-state index contributed by atoms with van der Waals surface area (Å²) in [6, 6.07) is 6.09. The van der Waals surface area contributed by atoms with Crippen LogP contribution >= 0.6 is 0 Å². The molecule has 6 nitrogen and oxygen atoms in total. The molecular formula is C15H23NO5. The number of aromatic hydroxyl groups is 1. The fourth-order valence-electron chi connectivity index (χ4n) is 1.93. The molecule has 0 saturated heterocycles. The molecule has 0 amide bonds. The van der Waals surface area contributed by atoms with Gasteiger partial charge in [0, 0.05) is 12.6 Å². The fourth-order valence-corrected chi connectivity index (χ4v) is 1.93. The highest BCUT2D eigenvalue weighted by Gasteiger charge is 2.14. The molecule has 2 atom stereocenters. The minimum atomic E-state index is -0.851. The molecule has 1 aromatic rings. The maximum absolute atomic E-state index is 10.7. The van der Waals surface area contributed by atoms with Gasteiger partial charge in [-0.3, -0.25) is 4.79 Å². The van der Waals surface area contributed by atoms with E-state index < -0.39 is 12.1 Å². The van der Waals surface area contributed by atoms with Crippen molar-refractivity contribution in [2.75, 3.05) is 13.2 Å². The zero-order chi connectivity index (χ0) is 15.7. The van der Waals surface area contributed by atoms with E-state index in [1.54, 1.807) is 12.1 Å². The minimum Gasteiger partial charge on any atom is -0.508 e. The first-order valence-electron chi connectivity index (χ1n) is 7.06. The highest BCUT2D eigenvalue weighted by atomic mass is 16.5. The Hall–Kier alpha value is -1.79. The van der Waals surface area contributed by atoms with Gasteiger partial charge in [-0.05, 0) is 30.7 Å². The first kappa shape index (κ1) is 17.3. The third-order valence-corrected chi connectivity index (χ3v) is 2.98. The molecule has 118 valence electrons. The molecule has 4 N–H and O–H groups in total. The van der Waals surface area contributed by atoms with Gasteiger partial charge in [0.05, 0.1) is 6.42 Å². The number of aliphatic hydroxyl groups is 1. The van der Waals surface area contributed by atoms with Crippen LogP contribution in [0.3, 0.4) is 0 Å². The largest absolute Gasteiger partial charge is 0.508 e. The molecule has 0 aliphatic heterocycles. The van der Waals surface area contributed by atoms with Crippen molar-refractivity contribution in [2.24, 2.45) is 0 Å². The second-order valence-electron chi connectivity index (χ2n) is 4.95. The van der Waals surface area contributed by atoms with E-state index in [2.05, 4.69) is 5.32 Å². The number of aliphatic hydroxyl groups excluding tert-OH is 1. The number of rotatable bonds is 10. The van der Waals surface area contributed by atoms with Crippen molar-refractivity contribution in [3.8, 4) is 11.5 Å². The van der Waals surface area contributed by atoms with Crippen LogP contribution in [0.2, 0.25) is 0 Å². The zero-order valence-electron chi connectivity index (χ0n) is 12.2. The summed E-state index contributed by atoms with van der Waals surface area (Å²) in [6.07, 6.45) is 0.939. The van der Waals surface area contributed by atoms with Crippen LogP contribution in [0.1, 0.15) is 26.2 Å². The van der Waals surface area contributed by atoms with E-state index in [0.29, 0.717) is 5.75 Å². The lowest BCUT2D eigenvalue weighted by Crippen LogP contribution is -2.39. The Morgan fingerprint density at radius 1 is 1.33 bits per heavy atom. The van der Waals surface area contributed by atoms with E-state index in [9.17, 15) is 9.90 Å². The molecule has 6 heteroatoms. The van der Waals surface area contributed by atoms with Crippen LogP contribution in [0.4, 0.5) is 0 Å². The molecule has 1 aromatic carbocycles. The van der Waals surface area contributed by atoms with Crippen molar-refractivity contribution in [3.63, 3.8) is 0 Å². The van der Waals surface area contributed by atoms with Gasteiger partial charge in [-0.15, -0.1) is 0 Å². The number of carbonyl (C=O) groups is 1. The van der Waals surface area contributed by atoms with Gasteiger partial charge >= 0.3 is 5.97 Å². The van der Waals surface area contributed by atoms with Crippen LogP contribution in [0.5, 0.6) is 11.5 Å². The summed E-state index contributed by atoms with van der Waals surface area (Å²) in [5, 5.41) is 30.8. The third kappa shape index (κ3) is 7.53. The van der Waals surface area contributed by atoms with Gasteiger partial charge in [0.1, 0.15) is 24.2 Å². The summed E-state index contributed by atoms with van der Waals surface area (Å²) in [4.78, 5) is 10.7. The van der Waals surface area contributed by atoms with Gasteiger partial charge in [-0.2, -0.15) is 0 Å². The summed E-state index contributed by atoms with van der Waals surface area (Å²) in [6.45, 7) is 2.36. The van der Waals surface area contributed by atoms with Crippen LogP contribution in [-0.4, -0.2) is 46.6 Å². The SMILES string of the molecule is CCCC(CC(=O)O)NCC(O)COc1ccc(O)cc1. The average Bonchev–Trinajstić information content (AvgIpc) is 2.44. The highest BCUT2D eigenvalue weighted by Crippen LogP contribution is 2.15. The lowest BCUT2D eigenvalue weighted by molar-refractivity contribution is -0.137. The Labute approximate surface area is 124 Å². The number of carboxylic acid groups (broad SMARTS) is 1. The molecule has 0 aromatic heterocycles. The molecule has 0 saturated carbocycles. The predicted octanol–water partition coefficient (Wildman–Crippen LogP) is 1.36. The molecule has 0 aliphatic carbocycles. The van der Waals surface area contributed by atoms with Crippen LogP contribution < -0.4 is 10.1 Å². The number of benzene rings is 1. The lowest BCUT2D eigenvalue weighted by Gasteiger charge is -2.19. The van der Waals surface area contributed by atoms with E-state index >= 15 is 0 Å². The van der Waals surface area contributed by atoms with E-state index in [1.807, 2.05) is 6.92 Å². The normalized spacial score (nSPS) is 13.6. The standard InChI is InChI=1S/C15H23NO5/c1-2-3-11(8-15(19)20)16-9-13(18)10-21-14-6-4-12(17)5-7-14/h4-7,11,13,16-18H,2-3,8-10H2,1H3,(H,19,20). The van der Waals surface area contributed by atoms with Crippen LogP contribution in [-0.2, 0) is 4.79 Å². The maximum atomic E-state index is 10.7. The Morgan fingerprint density at radius 3 is 2.57 bits per heavy atom. The van der Waals surface area contributed by atoms with Crippen LogP contribution in [0.15, 0.2) is 24.3 Å². The average molecular weight is 297 g/mol. The molecule has 0 bridgehead atoms. The second kappa shape index (κ2) is 9.20. The summed E-state index contributed by atoms with van der Waals surface area (Å²) in [5.74, 6) is -0.140. The maximum Gasteiger partial charge on any atom is 0.304 e. The van der Waals surface area contributed by atoms with Gasteiger partial charge in [-0.1, -0.05) is 13.3 Å². The Morgan fingerprint density at radius 2 is 2.00 bits per heavy atom. The lowest BCUT2D eigenvalue weighted by atomic mass is 10.1. The molecule has 21 heavy (non-hydrogen) atoms. The minimum absolute atomic E-state index is 0.0411. The van der Waals surface area contributed by atoms with Crippen molar-refractivity contribution < 1.29 is 24.9 Å². The number of phenols is 1. The summed E-state index contributed by atoms with van der Waals surface area (Å²) >= 11 is 0. The molecule has 0 radical (unpaired) electrons. The van der Waals surface area contributed by atoms with E-state index in [4.69, 9.17) is 14.9 Å². The Balaban J connectivity index is 2.30. The number of carboxylic acids is 1. The van der Waals surface area contributed by atoms with Crippen molar-refractivity contribution >= 4 is 5.97 Å². The first-order chi connectivity index (χ1) is 10.0. The van der Waals surface area contributed by atoms with Crippen molar-refractivity contribution in [1.82, 2.24) is 5.32 Å². The molecule has 0 fully saturated rings. The smallest absolute Gasteiger partial charge is 0.304 e. The second-order valence-corrected chi connectivity index (χ2v) is 4.95. The molecule has 0 heterocycles. The van der Waals surface area contributed by atoms with Crippen molar-refractivity contribution in [2.45, 2.75) is 38.3 Å². The van der Waals surface area contributed by atoms with E-state index in [0.717, 1.165) is 12.8 Å². The van der Waals surface area contributed by atoms with Crippen LogP contribution in [0, 0.1) is 0 Å². The highest BCUT2D eigenvalue weighted by molar-refractivity contribution is 5.67. The number of aliphatic carboxylic acids is 1. The van der Waals surface area contributed by atoms with Crippen molar-refractivity contribution in [1.29, 1.82) is 0 Å². The molecular weight excluding hydrogens is 274 g/mol. The van der Waals surface area contributed by atoms with Crippen LogP contribution in [0.25, 0.3) is 0 Å². The number of nitrogens with one attached hydrogen (secondary N) is 1. The van der Waals surface area contributed by atoms with Crippen molar-refractivity contribution in [3.05, 3.63) is 24.3 Å². The first-order valence-corrected chi connectivity index (χ1v) is 7.06. The molecule has 2 unspecified atom stereocenters. The third-order valence-electron chi connectivity index (χ3n) is 2.98. The summed E-state index contributed by atoms with van der Waals surface area (Å²) in [5.41, 5.74) is 0. The number of hydrogen-bond donors (Lipinski definition) is 4. The molecule has 1 rings (SSSR count). The van der Waals surface area contributed by atoms with E-state index in [1.165, 1.54) is 12.1 Å². The predicted molar refractivity (Wildman–Crippen MR) is 78.6 cm³/mol. The summed E-state index contributed by atoms with van der Waals surface area (Å²) in [7, 11) is 0. The Bertz CT molecular complexity index is 421. The van der Waals surface area contributed by atoms with Gasteiger partial charge < -0.3 is 25.4 Å². The zero-order valence-corrected chi connectivity index (χ0v) is 12.2. The number of phenolic OH excluding ortho intramolecular Hbond substituents is 1. The molecule has 0 spiro atoms. The fraction of sp³-hybridized carbons (Fsp3) is 0.533. The van der Waals surface area contributed by atoms with Gasteiger partial charge in [0.15, 0.2) is 0 Å². The quantitative estimate of drug-likeness (QED) is 0.520. The monoisotopic (exact) mass is 297 g/mol. The number of hydrogen-bond acceptors (Lipinski definition) is 5. The van der Waals surface area contributed by atoms with Gasteiger partial charge in [0.2, 0.25) is 0 Å². The number of ether oxygens (including phenoxy) is 1. The topological polar surface area (TPSA) is 99.0 Å². The van der Waals surface area contributed by atoms with Gasteiger partial charge in [0.25, 0.3) is 0 Å².